The molecule has 0 bridgehead atoms. The highest BCUT2D eigenvalue weighted by Crippen LogP contribution is 2.21. The van der Waals surface area contributed by atoms with Crippen molar-refractivity contribution in [2.75, 3.05) is 5.32 Å². The molecule has 0 aliphatic heterocycles. The molecule has 4 nitrogen and oxygen atoms in total. The van der Waals surface area contributed by atoms with Gasteiger partial charge < -0.3 is 9.84 Å². The third kappa shape index (κ3) is 4.13. The SMILES string of the molecule is Cc1cccc(NC(=O)OCc2cccc(O)c2)c1CCl. The molecule has 0 saturated carbocycles. The highest BCUT2D eigenvalue weighted by molar-refractivity contribution is 6.17. The zero-order valence-corrected chi connectivity index (χ0v) is 12.4. The molecule has 21 heavy (non-hydrogen) atoms. The van der Waals surface area contributed by atoms with Crippen LogP contribution in [0, 0.1) is 6.92 Å². The molecule has 2 aromatic rings. The van der Waals surface area contributed by atoms with Crippen LogP contribution in [-0.4, -0.2) is 11.2 Å². The van der Waals surface area contributed by atoms with Crippen LogP contribution in [0.2, 0.25) is 0 Å². The average Bonchev–Trinajstić information content (AvgIpc) is 2.45. The number of aryl methyl sites for hydroxylation is 1. The summed E-state index contributed by atoms with van der Waals surface area (Å²) in [5.74, 6) is 0.453. The van der Waals surface area contributed by atoms with Gasteiger partial charge in [0.15, 0.2) is 0 Å². The number of carbonyl (C=O) groups excluding carboxylic acids is 1. The number of hydrogen-bond acceptors (Lipinski definition) is 3. The summed E-state index contributed by atoms with van der Waals surface area (Å²) in [4.78, 5) is 11.8. The number of rotatable bonds is 4. The van der Waals surface area contributed by atoms with E-state index in [2.05, 4.69) is 5.32 Å². The average molecular weight is 306 g/mol. The number of halogens is 1. The lowest BCUT2D eigenvalue weighted by molar-refractivity contribution is 0.155. The molecule has 5 heteroatoms. The van der Waals surface area contributed by atoms with E-state index in [1.165, 1.54) is 0 Å². The number of anilines is 1. The van der Waals surface area contributed by atoms with E-state index in [-0.39, 0.29) is 12.4 Å². The number of phenols is 1. The molecular formula is C16H16ClNO3. The molecule has 0 aliphatic carbocycles. The van der Waals surface area contributed by atoms with E-state index in [1.807, 2.05) is 19.1 Å². The fraction of sp³-hybridized carbons (Fsp3) is 0.188. The van der Waals surface area contributed by atoms with Crippen molar-refractivity contribution in [3.8, 4) is 5.75 Å². The fourth-order valence-corrected chi connectivity index (χ4v) is 2.29. The molecule has 0 aromatic heterocycles. The van der Waals surface area contributed by atoms with Crippen molar-refractivity contribution < 1.29 is 14.6 Å². The van der Waals surface area contributed by atoms with Crippen molar-refractivity contribution in [1.29, 1.82) is 0 Å². The second kappa shape index (κ2) is 6.99. The molecule has 110 valence electrons. The highest BCUT2D eigenvalue weighted by Gasteiger charge is 2.09. The van der Waals surface area contributed by atoms with Gasteiger partial charge in [-0.1, -0.05) is 24.3 Å². The molecule has 0 heterocycles. The number of alkyl halides is 1. The van der Waals surface area contributed by atoms with Gasteiger partial charge >= 0.3 is 6.09 Å². The molecule has 0 atom stereocenters. The predicted molar refractivity (Wildman–Crippen MR) is 82.7 cm³/mol. The van der Waals surface area contributed by atoms with Gasteiger partial charge in [-0.15, -0.1) is 11.6 Å². The monoisotopic (exact) mass is 305 g/mol. The van der Waals surface area contributed by atoms with E-state index < -0.39 is 6.09 Å². The van der Waals surface area contributed by atoms with Crippen molar-refractivity contribution in [1.82, 2.24) is 0 Å². The molecule has 0 spiro atoms. The van der Waals surface area contributed by atoms with Gasteiger partial charge in [0.05, 0.1) is 0 Å². The Morgan fingerprint density at radius 3 is 2.76 bits per heavy atom. The molecule has 0 unspecified atom stereocenters. The lowest BCUT2D eigenvalue weighted by Crippen LogP contribution is -2.15. The van der Waals surface area contributed by atoms with E-state index in [0.717, 1.165) is 11.1 Å². The molecule has 2 N–H and O–H groups in total. The summed E-state index contributed by atoms with van der Waals surface area (Å²) in [6, 6.07) is 12.1. The largest absolute Gasteiger partial charge is 0.508 e. The number of amides is 1. The third-order valence-electron chi connectivity index (χ3n) is 3.06. The minimum Gasteiger partial charge on any atom is -0.508 e. The van der Waals surface area contributed by atoms with Crippen LogP contribution in [0.5, 0.6) is 5.75 Å². The molecule has 2 aromatic carbocycles. The molecular weight excluding hydrogens is 290 g/mol. The second-order valence-corrected chi connectivity index (χ2v) is 4.87. The van der Waals surface area contributed by atoms with E-state index >= 15 is 0 Å². The molecule has 1 amide bonds. The van der Waals surface area contributed by atoms with Gasteiger partial charge in [-0.25, -0.2) is 4.79 Å². The lowest BCUT2D eigenvalue weighted by atomic mass is 10.1. The van der Waals surface area contributed by atoms with E-state index in [0.29, 0.717) is 17.1 Å². The van der Waals surface area contributed by atoms with Gasteiger partial charge in [0.2, 0.25) is 0 Å². The smallest absolute Gasteiger partial charge is 0.411 e. The quantitative estimate of drug-likeness (QED) is 0.833. The molecule has 0 saturated heterocycles. The van der Waals surface area contributed by atoms with Crippen LogP contribution >= 0.6 is 11.6 Å². The first-order chi connectivity index (χ1) is 10.1. The summed E-state index contributed by atoms with van der Waals surface area (Å²) in [5.41, 5.74) is 3.24. The van der Waals surface area contributed by atoms with Gasteiger partial charge in [-0.05, 0) is 41.8 Å². The maximum absolute atomic E-state index is 11.8. The minimum absolute atomic E-state index is 0.0856. The lowest BCUT2D eigenvalue weighted by Gasteiger charge is -2.12. The second-order valence-electron chi connectivity index (χ2n) is 4.61. The van der Waals surface area contributed by atoms with Gasteiger partial charge in [0.25, 0.3) is 0 Å². The van der Waals surface area contributed by atoms with Crippen LogP contribution in [0.4, 0.5) is 10.5 Å². The van der Waals surface area contributed by atoms with E-state index in [1.54, 1.807) is 30.3 Å². The van der Waals surface area contributed by atoms with Gasteiger partial charge in [-0.3, -0.25) is 5.32 Å². The summed E-state index contributed by atoms with van der Waals surface area (Å²) in [6.45, 7) is 2.02. The molecule has 2 rings (SSSR count). The number of ether oxygens (including phenoxy) is 1. The first-order valence-corrected chi connectivity index (χ1v) is 6.99. The number of benzene rings is 2. The molecule has 0 aliphatic rings. The topological polar surface area (TPSA) is 58.6 Å². The van der Waals surface area contributed by atoms with E-state index in [9.17, 15) is 9.90 Å². The highest BCUT2D eigenvalue weighted by atomic mass is 35.5. The summed E-state index contributed by atoms with van der Waals surface area (Å²) in [5, 5.41) is 12.0. The van der Waals surface area contributed by atoms with Crippen molar-refractivity contribution in [3.05, 3.63) is 59.2 Å². The summed E-state index contributed by atoms with van der Waals surface area (Å²) in [7, 11) is 0. The van der Waals surface area contributed by atoms with Crippen molar-refractivity contribution in [2.24, 2.45) is 0 Å². The van der Waals surface area contributed by atoms with Crippen molar-refractivity contribution in [3.63, 3.8) is 0 Å². The van der Waals surface area contributed by atoms with Crippen LogP contribution < -0.4 is 5.32 Å². The zero-order chi connectivity index (χ0) is 15.2. The first kappa shape index (κ1) is 15.2. The fourth-order valence-electron chi connectivity index (χ4n) is 1.94. The van der Waals surface area contributed by atoms with Gasteiger partial charge in [0, 0.05) is 11.6 Å². The number of carbonyl (C=O) groups is 1. The Kier molecular flexibility index (Phi) is 5.06. The van der Waals surface area contributed by atoms with Crippen LogP contribution in [0.1, 0.15) is 16.7 Å². The van der Waals surface area contributed by atoms with Gasteiger partial charge in [-0.2, -0.15) is 0 Å². The Labute approximate surface area is 128 Å². The third-order valence-corrected chi connectivity index (χ3v) is 3.33. The maximum Gasteiger partial charge on any atom is 0.411 e. The Balaban J connectivity index is 1.98. The molecule has 0 fully saturated rings. The maximum atomic E-state index is 11.8. The Bertz CT molecular complexity index is 643. The van der Waals surface area contributed by atoms with Crippen LogP contribution in [0.3, 0.4) is 0 Å². The van der Waals surface area contributed by atoms with Crippen LogP contribution in [0.25, 0.3) is 0 Å². The standard InChI is InChI=1S/C16H16ClNO3/c1-11-4-2-7-15(14(11)9-17)18-16(20)21-10-12-5-3-6-13(19)8-12/h2-8,19H,9-10H2,1H3,(H,18,20). The van der Waals surface area contributed by atoms with Crippen molar-refractivity contribution in [2.45, 2.75) is 19.4 Å². The Hall–Kier alpha value is -2.20. The van der Waals surface area contributed by atoms with Gasteiger partial charge in [0.1, 0.15) is 12.4 Å². The Morgan fingerprint density at radius 2 is 2.05 bits per heavy atom. The molecule has 0 radical (unpaired) electrons. The summed E-state index contributed by atoms with van der Waals surface area (Å²) in [6.07, 6.45) is -0.560. The number of phenolic OH excluding ortho intramolecular Hbond substituents is 1. The van der Waals surface area contributed by atoms with Crippen LogP contribution in [-0.2, 0) is 17.2 Å². The zero-order valence-electron chi connectivity index (χ0n) is 11.6. The Morgan fingerprint density at radius 1 is 1.29 bits per heavy atom. The number of nitrogens with one attached hydrogen (secondary N) is 1. The van der Waals surface area contributed by atoms with E-state index in [4.69, 9.17) is 16.3 Å². The normalized spacial score (nSPS) is 10.2. The minimum atomic E-state index is -0.560. The predicted octanol–water partition coefficient (Wildman–Crippen LogP) is 4.19. The van der Waals surface area contributed by atoms with Crippen molar-refractivity contribution >= 4 is 23.4 Å². The first-order valence-electron chi connectivity index (χ1n) is 6.46. The van der Waals surface area contributed by atoms with Crippen LogP contribution in [0.15, 0.2) is 42.5 Å². The number of hydrogen-bond donors (Lipinski definition) is 2. The summed E-state index contributed by atoms with van der Waals surface area (Å²) < 4.78 is 5.12. The number of aromatic hydroxyl groups is 1. The summed E-state index contributed by atoms with van der Waals surface area (Å²) >= 11 is 5.89.